The fourth-order valence-electron chi connectivity index (χ4n) is 1.19. The first kappa shape index (κ1) is 11.3. The van der Waals surface area contributed by atoms with E-state index in [1.165, 1.54) is 17.1 Å². The average Bonchev–Trinajstić information content (AvgIpc) is 2.67. The molecule has 1 heterocycles. The van der Waals surface area contributed by atoms with Crippen molar-refractivity contribution >= 4 is 26.0 Å². The smallest absolute Gasteiger partial charge is 0.240 e. The summed E-state index contributed by atoms with van der Waals surface area (Å²) in [6, 6.07) is 7.30. The highest BCUT2D eigenvalue weighted by Gasteiger charge is 2.10. The van der Waals surface area contributed by atoms with E-state index in [0.29, 0.717) is 0 Å². The molecule has 0 aliphatic carbocycles. The van der Waals surface area contributed by atoms with Crippen LogP contribution in [0.2, 0.25) is 0 Å². The Morgan fingerprint density at radius 1 is 1.25 bits per heavy atom. The Balaban J connectivity index is 2.43. The standard InChI is InChI=1S/C9H8BrN3O2S/c10-7-1-3-8(4-2-7)13-6-9(5-12-13)16(11,14)15/h1-6H,(H2,11,14,15). The van der Waals surface area contributed by atoms with Gasteiger partial charge in [-0.1, -0.05) is 15.9 Å². The normalized spacial score (nSPS) is 11.6. The third-order valence-corrected chi connectivity index (χ3v) is 3.38. The predicted molar refractivity (Wildman–Crippen MR) is 62.6 cm³/mol. The van der Waals surface area contributed by atoms with E-state index in [1.807, 2.05) is 24.3 Å². The molecule has 2 N–H and O–H groups in total. The van der Waals surface area contributed by atoms with Crippen molar-refractivity contribution in [3.63, 3.8) is 0 Å². The summed E-state index contributed by atoms with van der Waals surface area (Å²) in [5.74, 6) is 0. The lowest BCUT2D eigenvalue weighted by molar-refractivity contribution is 0.598. The molecule has 0 saturated heterocycles. The van der Waals surface area contributed by atoms with Crippen LogP contribution in [-0.2, 0) is 10.0 Å². The van der Waals surface area contributed by atoms with E-state index in [-0.39, 0.29) is 4.90 Å². The summed E-state index contributed by atoms with van der Waals surface area (Å²) in [6.45, 7) is 0. The summed E-state index contributed by atoms with van der Waals surface area (Å²) in [5.41, 5.74) is 0.762. The fourth-order valence-corrected chi connectivity index (χ4v) is 1.89. The summed E-state index contributed by atoms with van der Waals surface area (Å²) in [4.78, 5) is -0.00424. The van der Waals surface area contributed by atoms with Crippen molar-refractivity contribution in [3.8, 4) is 5.69 Å². The number of aromatic nitrogens is 2. The Kier molecular flexibility index (Phi) is 2.83. The van der Waals surface area contributed by atoms with Gasteiger partial charge in [0.15, 0.2) is 0 Å². The van der Waals surface area contributed by atoms with Gasteiger partial charge in [0.1, 0.15) is 4.90 Å². The first-order valence-corrected chi connectivity index (χ1v) is 6.64. The molecule has 0 unspecified atom stereocenters. The Labute approximate surface area is 101 Å². The van der Waals surface area contributed by atoms with E-state index < -0.39 is 10.0 Å². The molecule has 0 bridgehead atoms. The summed E-state index contributed by atoms with van der Waals surface area (Å²) in [7, 11) is -3.69. The summed E-state index contributed by atoms with van der Waals surface area (Å²) in [6.07, 6.45) is 2.59. The second kappa shape index (κ2) is 4.00. The zero-order chi connectivity index (χ0) is 11.8. The number of primary sulfonamides is 1. The summed E-state index contributed by atoms with van der Waals surface area (Å²) in [5, 5.41) is 8.91. The van der Waals surface area contributed by atoms with Gasteiger partial charge in [0.25, 0.3) is 0 Å². The van der Waals surface area contributed by atoms with E-state index in [2.05, 4.69) is 21.0 Å². The Morgan fingerprint density at radius 3 is 2.38 bits per heavy atom. The third kappa shape index (κ3) is 2.31. The minimum Gasteiger partial charge on any atom is -0.240 e. The molecule has 84 valence electrons. The zero-order valence-electron chi connectivity index (χ0n) is 8.04. The van der Waals surface area contributed by atoms with Crippen molar-refractivity contribution in [2.24, 2.45) is 5.14 Å². The topological polar surface area (TPSA) is 78.0 Å². The molecule has 16 heavy (non-hydrogen) atoms. The van der Waals surface area contributed by atoms with Crippen LogP contribution < -0.4 is 5.14 Å². The Hall–Kier alpha value is -1.18. The lowest BCUT2D eigenvalue weighted by atomic mass is 10.3. The number of benzene rings is 1. The summed E-state index contributed by atoms with van der Waals surface area (Å²) < 4.78 is 24.5. The highest BCUT2D eigenvalue weighted by molar-refractivity contribution is 9.10. The van der Waals surface area contributed by atoms with E-state index in [9.17, 15) is 8.42 Å². The van der Waals surface area contributed by atoms with Crippen LogP contribution in [0.3, 0.4) is 0 Å². The molecule has 1 aromatic heterocycles. The number of hydrogen-bond acceptors (Lipinski definition) is 3. The lowest BCUT2D eigenvalue weighted by Crippen LogP contribution is -2.11. The molecule has 5 nitrogen and oxygen atoms in total. The minimum atomic E-state index is -3.69. The van der Waals surface area contributed by atoms with Gasteiger partial charge in [-0.05, 0) is 24.3 Å². The number of hydrogen-bond donors (Lipinski definition) is 1. The second-order valence-corrected chi connectivity index (χ2v) is 5.62. The average molecular weight is 302 g/mol. The molecule has 7 heteroatoms. The van der Waals surface area contributed by atoms with Crippen LogP contribution in [-0.4, -0.2) is 18.2 Å². The van der Waals surface area contributed by atoms with Crippen molar-refractivity contribution in [2.75, 3.05) is 0 Å². The fraction of sp³-hybridized carbons (Fsp3) is 0. The van der Waals surface area contributed by atoms with Gasteiger partial charge in [0.2, 0.25) is 10.0 Å². The van der Waals surface area contributed by atoms with Crippen molar-refractivity contribution in [1.29, 1.82) is 0 Å². The first-order chi connectivity index (χ1) is 7.47. The van der Waals surface area contributed by atoms with E-state index in [4.69, 9.17) is 5.14 Å². The molecule has 0 saturated carbocycles. The van der Waals surface area contributed by atoms with Gasteiger partial charge >= 0.3 is 0 Å². The van der Waals surface area contributed by atoms with Crippen LogP contribution in [0, 0.1) is 0 Å². The molecule has 0 aliphatic heterocycles. The molecule has 0 aliphatic rings. The highest BCUT2D eigenvalue weighted by atomic mass is 79.9. The Bertz CT molecular complexity index is 604. The molecule has 1 aromatic carbocycles. The SMILES string of the molecule is NS(=O)(=O)c1cnn(-c2ccc(Br)cc2)c1. The van der Waals surface area contributed by atoms with Crippen molar-refractivity contribution in [3.05, 3.63) is 41.1 Å². The number of nitrogens with two attached hydrogens (primary N) is 1. The number of sulfonamides is 1. The highest BCUT2D eigenvalue weighted by Crippen LogP contribution is 2.14. The molecular weight excluding hydrogens is 294 g/mol. The first-order valence-electron chi connectivity index (χ1n) is 4.30. The van der Waals surface area contributed by atoms with E-state index in [1.54, 1.807) is 0 Å². The third-order valence-electron chi connectivity index (χ3n) is 1.98. The zero-order valence-corrected chi connectivity index (χ0v) is 10.4. The van der Waals surface area contributed by atoms with Crippen LogP contribution in [0.4, 0.5) is 0 Å². The molecule has 0 radical (unpaired) electrons. The summed E-state index contributed by atoms with van der Waals surface area (Å²) >= 11 is 3.31. The van der Waals surface area contributed by atoms with Gasteiger partial charge in [-0.25, -0.2) is 18.2 Å². The molecule has 0 atom stereocenters. The predicted octanol–water partition coefficient (Wildman–Crippen LogP) is 1.28. The quantitative estimate of drug-likeness (QED) is 0.907. The van der Waals surface area contributed by atoms with E-state index >= 15 is 0 Å². The van der Waals surface area contributed by atoms with Gasteiger partial charge in [0.05, 0.1) is 18.1 Å². The van der Waals surface area contributed by atoms with Gasteiger partial charge in [-0.2, -0.15) is 5.10 Å². The number of nitrogens with zero attached hydrogens (tertiary/aromatic N) is 2. The minimum absolute atomic E-state index is 0.00424. The molecule has 2 aromatic rings. The molecule has 0 amide bonds. The van der Waals surface area contributed by atoms with Crippen LogP contribution in [0.15, 0.2) is 46.0 Å². The molecule has 0 fully saturated rings. The van der Waals surface area contributed by atoms with Gasteiger partial charge in [-0.3, -0.25) is 0 Å². The number of halogens is 1. The maximum absolute atomic E-state index is 11.0. The van der Waals surface area contributed by atoms with Crippen LogP contribution in [0.25, 0.3) is 5.69 Å². The van der Waals surface area contributed by atoms with Crippen molar-refractivity contribution < 1.29 is 8.42 Å². The van der Waals surface area contributed by atoms with E-state index in [0.717, 1.165) is 10.2 Å². The maximum Gasteiger partial charge on any atom is 0.241 e. The monoisotopic (exact) mass is 301 g/mol. The van der Waals surface area contributed by atoms with Crippen LogP contribution in [0.5, 0.6) is 0 Å². The van der Waals surface area contributed by atoms with Gasteiger partial charge < -0.3 is 0 Å². The van der Waals surface area contributed by atoms with Crippen LogP contribution >= 0.6 is 15.9 Å². The lowest BCUT2D eigenvalue weighted by Gasteiger charge is -2.00. The second-order valence-electron chi connectivity index (χ2n) is 3.14. The molecule has 0 spiro atoms. The van der Waals surface area contributed by atoms with Gasteiger partial charge in [0, 0.05) is 4.47 Å². The molecule has 2 rings (SSSR count). The van der Waals surface area contributed by atoms with Crippen LogP contribution in [0.1, 0.15) is 0 Å². The largest absolute Gasteiger partial charge is 0.241 e. The van der Waals surface area contributed by atoms with Gasteiger partial charge in [-0.15, -0.1) is 0 Å². The molecular formula is C9H8BrN3O2S. The number of rotatable bonds is 2. The Morgan fingerprint density at radius 2 is 1.88 bits per heavy atom. The van der Waals surface area contributed by atoms with Crippen molar-refractivity contribution in [2.45, 2.75) is 4.90 Å². The maximum atomic E-state index is 11.0. The van der Waals surface area contributed by atoms with Crippen molar-refractivity contribution in [1.82, 2.24) is 9.78 Å².